The van der Waals surface area contributed by atoms with E-state index in [1.807, 2.05) is 13.0 Å². The third kappa shape index (κ3) is 1.63. The molecule has 4 heteroatoms. The van der Waals surface area contributed by atoms with Gasteiger partial charge in [-0.2, -0.15) is 0 Å². The molecule has 0 saturated heterocycles. The summed E-state index contributed by atoms with van der Waals surface area (Å²) < 4.78 is 0. The molecular weight excluding hydrogens is 192 g/mol. The Morgan fingerprint density at radius 3 is 2.93 bits per heavy atom. The van der Waals surface area contributed by atoms with Crippen LogP contribution in [0.25, 0.3) is 0 Å². The Kier molecular flexibility index (Phi) is 2.49. The van der Waals surface area contributed by atoms with E-state index in [0.717, 1.165) is 36.2 Å². The fraction of sp³-hybridized carbons (Fsp3) is 0.364. The van der Waals surface area contributed by atoms with Crippen molar-refractivity contribution in [3.05, 3.63) is 39.4 Å². The van der Waals surface area contributed by atoms with E-state index < -0.39 is 0 Å². The van der Waals surface area contributed by atoms with Gasteiger partial charge in [-0.3, -0.25) is 15.1 Å². The largest absolute Gasteiger partial charge is 0.289 e. The van der Waals surface area contributed by atoms with Crippen LogP contribution in [0.2, 0.25) is 0 Å². The topological polar surface area (TPSA) is 55.5 Å². The van der Waals surface area contributed by atoms with Crippen molar-refractivity contribution in [2.75, 3.05) is 6.54 Å². The summed E-state index contributed by atoms with van der Waals surface area (Å²) in [5.74, 6) is 0. The molecule has 0 unspecified atom stereocenters. The lowest BCUT2D eigenvalue weighted by Gasteiger charge is -2.00. The summed E-state index contributed by atoms with van der Waals surface area (Å²) in [5.41, 5.74) is 3.05. The minimum atomic E-state index is -0.312. The number of aliphatic imine (C=N–C) groups is 1. The van der Waals surface area contributed by atoms with Gasteiger partial charge >= 0.3 is 0 Å². The molecule has 1 aliphatic rings. The quantitative estimate of drug-likeness (QED) is 0.548. The lowest BCUT2D eigenvalue weighted by molar-refractivity contribution is -0.385. The molecule has 0 aromatic heterocycles. The number of rotatable bonds is 2. The molecule has 0 atom stereocenters. The van der Waals surface area contributed by atoms with E-state index in [9.17, 15) is 10.1 Å². The van der Waals surface area contributed by atoms with E-state index in [-0.39, 0.29) is 10.6 Å². The van der Waals surface area contributed by atoms with Crippen molar-refractivity contribution in [1.82, 2.24) is 0 Å². The van der Waals surface area contributed by atoms with Crippen molar-refractivity contribution < 1.29 is 4.92 Å². The first kappa shape index (κ1) is 9.83. The summed E-state index contributed by atoms with van der Waals surface area (Å²) in [7, 11) is 0. The van der Waals surface area contributed by atoms with Gasteiger partial charge in [0.25, 0.3) is 5.69 Å². The maximum atomic E-state index is 10.8. The fourth-order valence-corrected chi connectivity index (χ4v) is 2.01. The van der Waals surface area contributed by atoms with Gasteiger partial charge in [-0.15, -0.1) is 0 Å². The van der Waals surface area contributed by atoms with E-state index in [4.69, 9.17) is 0 Å². The zero-order chi connectivity index (χ0) is 10.8. The van der Waals surface area contributed by atoms with Crippen molar-refractivity contribution in [3.8, 4) is 0 Å². The fourth-order valence-electron chi connectivity index (χ4n) is 2.01. The predicted molar refractivity (Wildman–Crippen MR) is 58.5 cm³/mol. The summed E-state index contributed by atoms with van der Waals surface area (Å²) in [4.78, 5) is 14.8. The molecule has 0 spiro atoms. The number of benzene rings is 1. The van der Waals surface area contributed by atoms with Crippen LogP contribution in [0.3, 0.4) is 0 Å². The minimum Gasteiger partial charge on any atom is -0.289 e. The molecule has 1 aliphatic carbocycles. The van der Waals surface area contributed by atoms with Crippen molar-refractivity contribution in [2.45, 2.75) is 19.8 Å². The lowest BCUT2D eigenvalue weighted by atomic mass is 10.1. The second kappa shape index (κ2) is 3.81. The zero-order valence-electron chi connectivity index (χ0n) is 8.56. The molecule has 1 aromatic carbocycles. The smallest absolute Gasteiger partial charge is 0.273 e. The molecule has 0 aliphatic heterocycles. The highest BCUT2D eigenvalue weighted by molar-refractivity contribution is 6.05. The number of hydrogen-bond acceptors (Lipinski definition) is 3. The Morgan fingerprint density at radius 2 is 2.27 bits per heavy atom. The Morgan fingerprint density at radius 1 is 1.47 bits per heavy atom. The highest BCUT2D eigenvalue weighted by Gasteiger charge is 2.25. The van der Waals surface area contributed by atoms with Gasteiger partial charge in [0.05, 0.1) is 4.92 Å². The minimum absolute atomic E-state index is 0.230. The standard InChI is InChI=1S/C11H12N2O2/c1-2-12-10-7-6-9-8(10)4-3-5-11(9)13(14)15/h3-5H,2,6-7H2,1H3. The van der Waals surface area contributed by atoms with Crippen LogP contribution in [-0.4, -0.2) is 17.2 Å². The number of nitro groups is 1. The highest BCUT2D eigenvalue weighted by Crippen LogP contribution is 2.30. The van der Waals surface area contributed by atoms with Gasteiger partial charge in [0.1, 0.15) is 0 Å². The molecule has 0 heterocycles. The maximum absolute atomic E-state index is 10.8. The monoisotopic (exact) mass is 204 g/mol. The number of nitrogens with zero attached hydrogens (tertiary/aromatic N) is 2. The number of fused-ring (bicyclic) bond motifs is 1. The zero-order valence-corrected chi connectivity index (χ0v) is 8.56. The summed E-state index contributed by atoms with van der Waals surface area (Å²) in [6.07, 6.45) is 1.57. The second-order valence-corrected chi connectivity index (χ2v) is 3.48. The van der Waals surface area contributed by atoms with Crippen LogP contribution in [0.5, 0.6) is 0 Å². The van der Waals surface area contributed by atoms with Crippen LogP contribution in [-0.2, 0) is 6.42 Å². The van der Waals surface area contributed by atoms with Crippen molar-refractivity contribution in [3.63, 3.8) is 0 Å². The van der Waals surface area contributed by atoms with Crippen LogP contribution in [0.15, 0.2) is 23.2 Å². The Bertz CT molecular complexity index is 438. The maximum Gasteiger partial charge on any atom is 0.273 e. The molecule has 0 fully saturated rings. The predicted octanol–water partition coefficient (Wildman–Crippen LogP) is 2.35. The van der Waals surface area contributed by atoms with Gasteiger partial charge in [0.15, 0.2) is 0 Å². The molecule has 15 heavy (non-hydrogen) atoms. The molecule has 0 amide bonds. The molecule has 4 nitrogen and oxygen atoms in total. The van der Waals surface area contributed by atoms with Gasteiger partial charge in [0, 0.05) is 29.4 Å². The first-order chi connectivity index (χ1) is 7.24. The summed E-state index contributed by atoms with van der Waals surface area (Å²) >= 11 is 0. The molecule has 0 bridgehead atoms. The van der Waals surface area contributed by atoms with Gasteiger partial charge < -0.3 is 0 Å². The number of hydrogen-bond donors (Lipinski definition) is 0. The molecule has 2 rings (SSSR count). The van der Waals surface area contributed by atoms with Gasteiger partial charge in [0.2, 0.25) is 0 Å². The molecule has 0 saturated carbocycles. The average molecular weight is 204 g/mol. The van der Waals surface area contributed by atoms with Gasteiger partial charge in [-0.05, 0) is 19.8 Å². The molecule has 78 valence electrons. The first-order valence-electron chi connectivity index (χ1n) is 5.04. The Balaban J connectivity index is 2.53. The van der Waals surface area contributed by atoms with Crippen molar-refractivity contribution in [2.24, 2.45) is 4.99 Å². The second-order valence-electron chi connectivity index (χ2n) is 3.48. The summed E-state index contributed by atoms with van der Waals surface area (Å²) in [6, 6.07) is 5.21. The third-order valence-electron chi connectivity index (χ3n) is 2.62. The van der Waals surface area contributed by atoms with Crippen LogP contribution in [0.1, 0.15) is 24.5 Å². The molecule has 0 radical (unpaired) electrons. The molecule has 1 aromatic rings. The molecule has 0 N–H and O–H groups in total. The third-order valence-corrected chi connectivity index (χ3v) is 2.62. The van der Waals surface area contributed by atoms with E-state index in [1.165, 1.54) is 0 Å². The van der Waals surface area contributed by atoms with E-state index >= 15 is 0 Å². The van der Waals surface area contributed by atoms with E-state index in [0.29, 0.717) is 0 Å². The average Bonchev–Trinajstić information content (AvgIpc) is 2.62. The van der Waals surface area contributed by atoms with Crippen LogP contribution in [0, 0.1) is 10.1 Å². The normalized spacial score (nSPS) is 16.7. The van der Waals surface area contributed by atoms with Gasteiger partial charge in [-0.1, -0.05) is 12.1 Å². The summed E-state index contributed by atoms with van der Waals surface area (Å²) in [6.45, 7) is 2.71. The van der Waals surface area contributed by atoms with Gasteiger partial charge in [-0.25, -0.2) is 0 Å². The van der Waals surface area contributed by atoms with Crippen molar-refractivity contribution >= 4 is 11.4 Å². The van der Waals surface area contributed by atoms with Crippen LogP contribution < -0.4 is 0 Å². The first-order valence-corrected chi connectivity index (χ1v) is 5.04. The number of nitro benzene ring substituents is 1. The highest BCUT2D eigenvalue weighted by atomic mass is 16.6. The van der Waals surface area contributed by atoms with Crippen molar-refractivity contribution in [1.29, 1.82) is 0 Å². The Hall–Kier alpha value is -1.71. The Labute approximate surface area is 87.8 Å². The SMILES string of the molecule is CCN=C1CCc2c1cccc2[N+](=O)[O-]. The van der Waals surface area contributed by atoms with E-state index in [1.54, 1.807) is 12.1 Å². The lowest BCUT2D eigenvalue weighted by Crippen LogP contribution is -1.97. The molecular formula is C11H12N2O2. The summed E-state index contributed by atoms with van der Waals surface area (Å²) in [5, 5.41) is 10.8. The van der Waals surface area contributed by atoms with Crippen LogP contribution >= 0.6 is 0 Å². The van der Waals surface area contributed by atoms with Crippen LogP contribution in [0.4, 0.5) is 5.69 Å². The van der Waals surface area contributed by atoms with E-state index in [2.05, 4.69) is 4.99 Å².